The van der Waals surface area contributed by atoms with Gasteiger partial charge in [0, 0.05) is 40.5 Å². The topological polar surface area (TPSA) is 33.5 Å². The average Bonchev–Trinajstić information content (AvgIpc) is 3.60. The van der Waals surface area contributed by atoms with Crippen LogP contribution in [0.15, 0.2) is 128 Å². The van der Waals surface area contributed by atoms with Crippen molar-refractivity contribution in [3.8, 4) is 17.3 Å². The maximum absolute atomic E-state index is 6.78. The molecule has 232 valence electrons. The van der Waals surface area contributed by atoms with E-state index < -0.39 is 0 Å². The van der Waals surface area contributed by atoms with Crippen LogP contribution in [0.25, 0.3) is 27.6 Å². The molecule has 0 unspecified atom stereocenters. The third-order valence-electron chi connectivity index (χ3n) is 9.35. The van der Waals surface area contributed by atoms with Gasteiger partial charge in [-0.3, -0.25) is 4.57 Å². The molecular formula is C42H38N4O. The molecule has 0 amide bonds. The largest absolute Gasteiger partial charge is 0.457 e. The smallest absolute Gasteiger partial charge is 0.137 e. The van der Waals surface area contributed by atoms with Crippen molar-refractivity contribution in [2.75, 3.05) is 16.5 Å². The molecule has 0 bridgehead atoms. The normalized spacial score (nSPS) is 13.0. The Morgan fingerprint density at radius 2 is 1.28 bits per heavy atom. The first kappa shape index (κ1) is 28.9. The first-order valence-electron chi connectivity index (χ1n) is 16.2. The molecule has 5 heteroatoms. The van der Waals surface area contributed by atoms with Gasteiger partial charge in [-0.25, -0.2) is 4.98 Å². The lowest BCUT2D eigenvalue weighted by molar-refractivity contribution is 0.479. The summed E-state index contributed by atoms with van der Waals surface area (Å²) in [7, 11) is 0. The second-order valence-corrected chi connectivity index (χ2v) is 13.5. The SMILES string of the molecule is Cc1cc2c(cc1C)N(c1cc(Oc3ccc4c5ccccc5n(-c5ccccn5)c4c3)cc(C(C)(C)C)c1)CN2c1ccccc1. The van der Waals surface area contributed by atoms with Crippen LogP contribution in [0.4, 0.5) is 22.7 Å². The minimum Gasteiger partial charge on any atom is -0.457 e. The van der Waals surface area contributed by atoms with Crippen LogP contribution < -0.4 is 14.5 Å². The monoisotopic (exact) mass is 614 g/mol. The zero-order chi connectivity index (χ0) is 32.3. The van der Waals surface area contributed by atoms with E-state index in [1.807, 2.05) is 24.4 Å². The van der Waals surface area contributed by atoms with Crippen LogP contribution in [0.1, 0.15) is 37.5 Å². The van der Waals surface area contributed by atoms with Gasteiger partial charge in [-0.15, -0.1) is 0 Å². The molecule has 1 aliphatic heterocycles. The summed E-state index contributed by atoms with van der Waals surface area (Å²) in [6.07, 6.45) is 1.84. The van der Waals surface area contributed by atoms with Gasteiger partial charge in [0.1, 0.15) is 24.0 Å². The van der Waals surface area contributed by atoms with E-state index in [0.717, 1.165) is 34.0 Å². The summed E-state index contributed by atoms with van der Waals surface area (Å²) in [6, 6.07) is 42.9. The maximum Gasteiger partial charge on any atom is 0.137 e. The second kappa shape index (κ2) is 11.1. The number of nitrogens with zero attached hydrogens (tertiary/aromatic N) is 4. The minimum atomic E-state index is -0.0751. The van der Waals surface area contributed by atoms with Crippen LogP contribution in [-0.2, 0) is 5.41 Å². The van der Waals surface area contributed by atoms with Crippen LogP contribution >= 0.6 is 0 Å². The molecule has 0 fully saturated rings. The predicted octanol–water partition coefficient (Wildman–Crippen LogP) is 11.1. The Hall–Kier alpha value is -5.55. The number of hydrogen-bond acceptors (Lipinski definition) is 4. The first-order valence-corrected chi connectivity index (χ1v) is 16.2. The minimum absolute atomic E-state index is 0.0751. The number of ether oxygens (including phenoxy) is 1. The molecule has 0 spiro atoms. The highest BCUT2D eigenvalue weighted by atomic mass is 16.5. The standard InChI is InChI=1S/C42H38N4O/c1-28-21-39-40(22-29(28)2)45(27-44(39)31-13-7-6-8-14-31)32-23-30(42(3,4)5)24-34(25-32)47-33-18-19-36-35-15-9-10-16-37(35)46(38(36)26-33)41-17-11-12-20-43-41/h6-26H,27H2,1-5H3. The Balaban J connectivity index is 1.24. The van der Waals surface area contributed by atoms with Gasteiger partial charge in [0.05, 0.1) is 22.4 Å². The zero-order valence-electron chi connectivity index (χ0n) is 27.5. The molecule has 8 rings (SSSR count). The van der Waals surface area contributed by atoms with Crippen LogP contribution in [0.5, 0.6) is 11.5 Å². The number of aryl methyl sites for hydroxylation is 2. The van der Waals surface area contributed by atoms with E-state index in [4.69, 9.17) is 9.72 Å². The summed E-state index contributed by atoms with van der Waals surface area (Å²) in [4.78, 5) is 9.51. The van der Waals surface area contributed by atoms with Crippen molar-refractivity contribution in [3.05, 3.63) is 144 Å². The van der Waals surface area contributed by atoms with Gasteiger partial charge in [0.2, 0.25) is 0 Å². The lowest BCUT2D eigenvalue weighted by Crippen LogP contribution is -2.24. The number of para-hydroxylation sites is 2. The number of hydrogen-bond donors (Lipinski definition) is 0. The highest BCUT2D eigenvalue weighted by molar-refractivity contribution is 6.09. The van der Waals surface area contributed by atoms with Gasteiger partial charge in [-0.05, 0) is 103 Å². The maximum atomic E-state index is 6.78. The summed E-state index contributed by atoms with van der Waals surface area (Å²) in [5.74, 6) is 2.48. The molecule has 2 aromatic heterocycles. The molecule has 5 aromatic carbocycles. The molecule has 0 saturated heterocycles. The van der Waals surface area contributed by atoms with Crippen molar-refractivity contribution in [2.45, 2.75) is 40.0 Å². The molecule has 0 aliphatic carbocycles. The highest BCUT2D eigenvalue weighted by Gasteiger charge is 2.30. The fourth-order valence-corrected chi connectivity index (χ4v) is 6.68. The molecule has 7 aromatic rings. The third-order valence-corrected chi connectivity index (χ3v) is 9.35. The van der Waals surface area contributed by atoms with Crippen molar-refractivity contribution in [1.82, 2.24) is 9.55 Å². The second-order valence-electron chi connectivity index (χ2n) is 13.5. The quantitative estimate of drug-likeness (QED) is 0.193. The number of fused-ring (bicyclic) bond motifs is 4. The van der Waals surface area contributed by atoms with Crippen molar-refractivity contribution in [2.24, 2.45) is 0 Å². The summed E-state index contributed by atoms with van der Waals surface area (Å²) in [5.41, 5.74) is 10.6. The Labute approximate surface area is 276 Å². The van der Waals surface area contributed by atoms with Gasteiger partial charge < -0.3 is 14.5 Å². The van der Waals surface area contributed by atoms with Gasteiger partial charge >= 0.3 is 0 Å². The fraction of sp³-hybridized carbons (Fsp3) is 0.167. The molecule has 0 saturated carbocycles. The molecule has 1 aliphatic rings. The summed E-state index contributed by atoms with van der Waals surface area (Å²) < 4.78 is 9.00. The Morgan fingerprint density at radius 1 is 0.596 bits per heavy atom. The van der Waals surface area contributed by atoms with Crippen LogP contribution in [0.2, 0.25) is 0 Å². The molecule has 0 radical (unpaired) electrons. The third kappa shape index (κ3) is 5.08. The fourth-order valence-electron chi connectivity index (χ4n) is 6.68. The molecule has 0 atom stereocenters. The van der Waals surface area contributed by atoms with Crippen LogP contribution in [0, 0.1) is 13.8 Å². The van der Waals surface area contributed by atoms with Gasteiger partial charge in [-0.2, -0.15) is 0 Å². The van der Waals surface area contributed by atoms with Crippen molar-refractivity contribution in [3.63, 3.8) is 0 Å². The lowest BCUT2D eigenvalue weighted by Gasteiger charge is -2.26. The molecule has 0 N–H and O–H groups in total. The molecular weight excluding hydrogens is 576 g/mol. The lowest BCUT2D eigenvalue weighted by atomic mass is 9.86. The summed E-state index contributed by atoms with van der Waals surface area (Å²) >= 11 is 0. The first-order chi connectivity index (χ1) is 22.7. The molecule has 47 heavy (non-hydrogen) atoms. The van der Waals surface area contributed by atoms with E-state index in [1.54, 1.807) is 0 Å². The summed E-state index contributed by atoms with van der Waals surface area (Å²) in [5, 5.41) is 2.36. The van der Waals surface area contributed by atoms with Gasteiger partial charge in [0.25, 0.3) is 0 Å². The van der Waals surface area contributed by atoms with E-state index in [2.05, 4.69) is 152 Å². The Kier molecular flexibility index (Phi) is 6.80. The number of benzene rings is 5. The Morgan fingerprint density at radius 3 is 2.00 bits per heavy atom. The van der Waals surface area contributed by atoms with Gasteiger partial charge in [-0.1, -0.05) is 63.2 Å². The van der Waals surface area contributed by atoms with E-state index in [9.17, 15) is 0 Å². The number of pyridine rings is 1. The number of anilines is 4. The molecule has 5 nitrogen and oxygen atoms in total. The van der Waals surface area contributed by atoms with Crippen molar-refractivity contribution >= 4 is 44.6 Å². The summed E-state index contributed by atoms with van der Waals surface area (Å²) in [6.45, 7) is 11.9. The number of aromatic nitrogens is 2. The van der Waals surface area contributed by atoms with Crippen molar-refractivity contribution in [1.29, 1.82) is 0 Å². The van der Waals surface area contributed by atoms with Crippen LogP contribution in [0.3, 0.4) is 0 Å². The van der Waals surface area contributed by atoms with E-state index in [1.165, 1.54) is 44.5 Å². The predicted molar refractivity (Wildman–Crippen MR) is 195 cm³/mol. The van der Waals surface area contributed by atoms with Crippen molar-refractivity contribution < 1.29 is 4.74 Å². The Bertz CT molecular complexity index is 2270. The van der Waals surface area contributed by atoms with E-state index in [-0.39, 0.29) is 5.41 Å². The van der Waals surface area contributed by atoms with E-state index in [0.29, 0.717) is 6.67 Å². The van der Waals surface area contributed by atoms with Gasteiger partial charge in [0.15, 0.2) is 0 Å². The van der Waals surface area contributed by atoms with Crippen LogP contribution in [-0.4, -0.2) is 16.2 Å². The van der Waals surface area contributed by atoms with E-state index >= 15 is 0 Å². The average molecular weight is 615 g/mol. The molecule has 3 heterocycles. The zero-order valence-corrected chi connectivity index (χ0v) is 27.5. The number of rotatable bonds is 5. The highest BCUT2D eigenvalue weighted by Crippen LogP contribution is 2.47.